The number of nitrogens with zero attached hydrogens (tertiary/aromatic N) is 2. The zero-order chi connectivity index (χ0) is 15.5. The molecule has 4 nitrogen and oxygen atoms in total. The van der Waals surface area contributed by atoms with Crippen LogP contribution in [0.3, 0.4) is 0 Å². The van der Waals surface area contributed by atoms with E-state index in [0.29, 0.717) is 11.4 Å². The lowest BCUT2D eigenvalue weighted by molar-refractivity contribution is 0.0254. The van der Waals surface area contributed by atoms with Crippen LogP contribution >= 0.6 is 11.3 Å². The second kappa shape index (κ2) is 6.61. The Kier molecular flexibility index (Phi) is 5.04. The zero-order valence-electron chi connectivity index (χ0n) is 13.0. The van der Waals surface area contributed by atoms with Gasteiger partial charge in [-0.2, -0.15) is 0 Å². The van der Waals surface area contributed by atoms with Crippen LogP contribution in [0.5, 0.6) is 0 Å². The van der Waals surface area contributed by atoms with Crippen molar-refractivity contribution in [2.45, 2.75) is 24.8 Å². The van der Waals surface area contributed by atoms with Gasteiger partial charge in [0.05, 0.1) is 6.54 Å². The van der Waals surface area contributed by atoms with Crippen molar-refractivity contribution in [3.8, 4) is 11.8 Å². The van der Waals surface area contributed by atoms with E-state index in [2.05, 4.69) is 30.8 Å². The molecule has 114 valence electrons. The Hall–Kier alpha value is -1.35. The molecule has 1 heterocycles. The Balaban J connectivity index is 2.11. The van der Waals surface area contributed by atoms with Gasteiger partial charge < -0.3 is 15.5 Å². The van der Waals surface area contributed by atoms with E-state index in [1.807, 2.05) is 23.4 Å². The van der Waals surface area contributed by atoms with Gasteiger partial charge >= 0.3 is 0 Å². The van der Waals surface area contributed by atoms with E-state index in [9.17, 15) is 4.79 Å². The molecule has 0 unspecified atom stereocenters. The smallest absolute Gasteiger partial charge is 0.265 e. The van der Waals surface area contributed by atoms with Crippen molar-refractivity contribution in [3.63, 3.8) is 0 Å². The Morgan fingerprint density at radius 1 is 1.43 bits per heavy atom. The molecule has 0 aromatic carbocycles. The van der Waals surface area contributed by atoms with Crippen LogP contribution in [-0.4, -0.2) is 55.5 Å². The molecule has 21 heavy (non-hydrogen) atoms. The second-order valence-corrected chi connectivity index (χ2v) is 6.72. The molecule has 2 rings (SSSR count). The molecule has 5 heteroatoms. The maximum absolute atomic E-state index is 12.6. The van der Waals surface area contributed by atoms with E-state index in [4.69, 9.17) is 5.73 Å². The first-order chi connectivity index (χ1) is 10.00. The summed E-state index contributed by atoms with van der Waals surface area (Å²) < 4.78 is 0. The minimum atomic E-state index is 0.0550. The van der Waals surface area contributed by atoms with Gasteiger partial charge in [0.2, 0.25) is 0 Å². The van der Waals surface area contributed by atoms with E-state index in [-0.39, 0.29) is 11.4 Å². The van der Waals surface area contributed by atoms with E-state index in [1.54, 1.807) is 0 Å². The summed E-state index contributed by atoms with van der Waals surface area (Å²) in [4.78, 5) is 17.4. The number of carbonyl (C=O) groups excluding carboxylic acids is 1. The van der Waals surface area contributed by atoms with Crippen LogP contribution in [-0.2, 0) is 0 Å². The Morgan fingerprint density at radius 2 is 2.14 bits per heavy atom. The second-order valence-electron chi connectivity index (χ2n) is 5.80. The van der Waals surface area contributed by atoms with Gasteiger partial charge in [0.1, 0.15) is 4.88 Å². The number of rotatable bonds is 4. The Bertz CT molecular complexity index is 564. The molecule has 0 atom stereocenters. The van der Waals surface area contributed by atoms with Crippen LogP contribution in [0.1, 0.15) is 34.5 Å². The van der Waals surface area contributed by atoms with Crippen molar-refractivity contribution in [2.24, 2.45) is 5.73 Å². The van der Waals surface area contributed by atoms with E-state index >= 15 is 0 Å². The first-order valence-electron chi connectivity index (χ1n) is 7.19. The summed E-state index contributed by atoms with van der Waals surface area (Å²) in [5, 5.41) is 1.91. The lowest BCUT2D eigenvalue weighted by Crippen LogP contribution is -2.57. The highest BCUT2D eigenvalue weighted by Gasteiger charge is 2.40. The third-order valence-electron chi connectivity index (χ3n) is 4.30. The van der Waals surface area contributed by atoms with Crippen LogP contribution in [0.2, 0.25) is 0 Å². The number of carbonyl (C=O) groups is 1. The molecule has 1 aliphatic carbocycles. The van der Waals surface area contributed by atoms with Gasteiger partial charge in [-0.15, -0.1) is 11.3 Å². The maximum Gasteiger partial charge on any atom is 0.265 e. The molecule has 1 amide bonds. The van der Waals surface area contributed by atoms with Crippen LogP contribution in [0, 0.1) is 11.8 Å². The normalized spacial score (nSPS) is 16.0. The molecular weight excluding hydrogens is 282 g/mol. The average Bonchev–Trinajstić information content (AvgIpc) is 2.87. The standard InChI is InChI=1S/C16H23N3OS/c1-18(2)16(8-5-9-16)12-19(3)15(20)14-13(6-4-10-17)7-11-21-14/h7,11H,5,8-10,12,17H2,1-3H3. The Labute approximate surface area is 130 Å². The molecule has 1 aromatic rings. The molecule has 2 N–H and O–H groups in total. The fourth-order valence-corrected chi connectivity index (χ4v) is 3.58. The summed E-state index contributed by atoms with van der Waals surface area (Å²) >= 11 is 1.45. The lowest BCUT2D eigenvalue weighted by Gasteiger charge is -2.49. The number of hydrogen-bond acceptors (Lipinski definition) is 4. The highest BCUT2D eigenvalue weighted by Crippen LogP contribution is 2.37. The van der Waals surface area contributed by atoms with Gasteiger partial charge in [-0.05, 0) is 44.8 Å². The molecule has 0 saturated heterocycles. The highest BCUT2D eigenvalue weighted by molar-refractivity contribution is 7.12. The summed E-state index contributed by atoms with van der Waals surface area (Å²) in [5.74, 6) is 5.85. The first-order valence-corrected chi connectivity index (χ1v) is 8.07. The van der Waals surface area contributed by atoms with Crippen molar-refractivity contribution >= 4 is 17.2 Å². The lowest BCUT2D eigenvalue weighted by atomic mass is 9.75. The molecule has 1 aliphatic rings. The summed E-state index contributed by atoms with van der Waals surface area (Å²) in [5.41, 5.74) is 6.33. The number of likely N-dealkylation sites (N-methyl/N-ethyl adjacent to an activating group) is 2. The minimum absolute atomic E-state index is 0.0550. The number of amides is 1. The largest absolute Gasteiger partial charge is 0.339 e. The van der Waals surface area contributed by atoms with E-state index < -0.39 is 0 Å². The molecule has 0 bridgehead atoms. The van der Waals surface area contributed by atoms with Crippen molar-refractivity contribution in [3.05, 3.63) is 21.9 Å². The van der Waals surface area contributed by atoms with Crippen LogP contribution in [0.4, 0.5) is 0 Å². The third-order valence-corrected chi connectivity index (χ3v) is 5.20. The predicted molar refractivity (Wildman–Crippen MR) is 87.5 cm³/mol. The Morgan fingerprint density at radius 3 is 2.67 bits per heavy atom. The number of nitrogens with two attached hydrogens (primary N) is 1. The van der Waals surface area contributed by atoms with Crippen molar-refractivity contribution in [1.29, 1.82) is 0 Å². The monoisotopic (exact) mass is 305 g/mol. The molecule has 1 saturated carbocycles. The van der Waals surface area contributed by atoms with Gasteiger partial charge in [0, 0.05) is 24.7 Å². The van der Waals surface area contributed by atoms with Gasteiger partial charge in [0.25, 0.3) is 5.91 Å². The number of thiophene rings is 1. The quantitative estimate of drug-likeness (QED) is 0.860. The van der Waals surface area contributed by atoms with Crippen LogP contribution in [0.25, 0.3) is 0 Å². The van der Waals surface area contributed by atoms with Gasteiger partial charge in [0.15, 0.2) is 0 Å². The van der Waals surface area contributed by atoms with E-state index in [0.717, 1.165) is 24.9 Å². The average molecular weight is 305 g/mol. The highest BCUT2D eigenvalue weighted by atomic mass is 32.1. The molecule has 1 aromatic heterocycles. The molecule has 1 fully saturated rings. The topological polar surface area (TPSA) is 49.6 Å². The number of hydrogen-bond donors (Lipinski definition) is 1. The van der Waals surface area contributed by atoms with Crippen LogP contribution in [0.15, 0.2) is 11.4 Å². The zero-order valence-corrected chi connectivity index (χ0v) is 13.8. The summed E-state index contributed by atoms with van der Waals surface area (Å²) in [6.07, 6.45) is 3.55. The SMILES string of the molecule is CN(CC1(N(C)C)CCC1)C(=O)c1sccc1C#CCN. The summed E-state index contributed by atoms with van der Waals surface area (Å²) in [6.45, 7) is 1.07. The molecular formula is C16H23N3OS. The third kappa shape index (κ3) is 3.29. The predicted octanol–water partition coefficient (Wildman–Crippen LogP) is 1.61. The maximum atomic E-state index is 12.6. The van der Waals surface area contributed by atoms with Crippen molar-refractivity contribution in [1.82, 2.24) is 9.80 Å². The van der Waals surface area contributed by atoms with Gasteiger partial charge in [-0.3, -0.25) is 4.79 Å². The molecule has 0 radical (unpaired) electrons. The minimum Gasteiger partial charge on any atom is -0.339 e. The van der Waals surface area contributed by atoms with Gasteiger partial charge in [-0.1, -0.05) is 11.8 Å². The van der Waals surface area contributed by atoms with Crippen LogP contribution < -0.4 is 5.73 Å². The fraction of sp³-hybridized carbons (Fsp3) is 0.562. The summed E-state index contributed by atoms with van der Waals surface area (Å²) in [7, 11) is 6.08. The van der Waals surface area contributed by atoms with Crippen molar-refractivity contribution < 1.29 is 4.79 Å². The van der Waals surface area contributed by atoms with E-state index in [1.165, 1.54) is 17.8 Å². The summed E-state index contributed by atoms with van der Waals surface area (Å²) in [6, 6.07) is 1.89. The van der Waals surface area contributed by atoms with Crippen molar-refractivity contribution in [2.75, 3.05) is 34.2 Å². The first kappa shape index (κ1) is 16.0. The molecule has 0 spiro atoms. The fourth-order valence-electron chi connectivity index (χ4n) is 2.74. The molecule has 0 aliphatic heterocycles. The van der Waals surface area contributed by atoms with Gasteiger partial charge in [-0.25, -0.2) is 0 Å².